The molecule has 1 N–H and O–H groups in total. The Kier molecular flexibility index (Phi) is 2.79. The predicted molar refractivity (Wildman–Crippen MR) is 60.6 cm³/mol. The third kappa shape index (κ3) is 2.22. The van der Waals surface area contributed by atoms with Crippen LogP contribution >= 0.6 is 23.4 Å². The Labute approximate surface area is 95.5 Å². The van der Waals surface area contributed by atoms with Gasteiger partial charge in [-0.3, -0.25) is 14.9 Å². The Hall–Kier alpha value is -1.26. The van der Waals surface area contributed by atoms with E-state index in [-0.39, 0.29) is 11.1 Å². The van der Waals surface area contributed by atoms with Crippen LogP contribution in [-0.2, 0) is 4.79 Å². The minimum Gasteiger partial charge on any atom is -0.282 e. The minimum absolute atomic E-state index is 0.349. The minimum atomic E-state index is -0.370. The first kappa shape index (κ1) is 10.3. The number of hydrogen-bond acceptors (Lipinski definition) is 3. The Bertz CT molecular complexity index is 470. The third-order valence-electron chi connectivity index (χ3n) is 1.83. The van der Waals surface area contributed by atoms with E-state index >= 15 is 0 Å². The van der Waals surface area contributed by atoms with E-state index in [0.717, 1.165) is 17.3 Å². The number of rotatable bonds is 1. The first-order valence-electron chi connectivity index (χ1n) is 4.16. The second-order valence-electron chi connectivity index (χ2n) is 2.87. The van der Waals surface area contributed by atoms with Crippen LogP contribution in [0.3, 0.4) is 0 Å². The molecule has 1 heterocycles. The van der Waals surface area contributed by atoms with E-state index in [1.54, 1.807) is 24.3 Å². The molecular formula is C10H6ClNO2S. The van der Waals surface area contributed by atoms with Crippen LogP contribution in [0, 0.1) is 0 Å². The molecule has 5 heteroatoms. The Balaban J connectivity index is 2.35. The fourth-order valence-electron chi connectivity index (χ4n) is 1.15. The second-order valence-corrected chi connectivity index (χ2v) is 4.30. The number of hydrogen-bond donors (Lipinski definition) is 1. The number of nitrogens with one attached hydrogen (secondary N) is 1. The summed E-state index contributed by atoms with van der Waals surface area (Å²) in [7, 11) is 0. The van der Waals surface area contributed by atoms with Crippen molar-refractivity contribution < 1.29 is 9.59 Å². The number of halogens is 1. The summed E-state index contributed by atoms with van der Waals surface area (Å²) < 4.78 is 0. The van der Waals surface area contributed by atoms with E-state index in [1.165, 1.54) is 0 Å². The molecule has 1 fully saturated rings. The summed E-state index contributed by atoms with van der Waals surface area (Å²) in [5.41, 5.74) is 0.728. The molecule has 1 aromatic rings. The third-order valence-corrected chi connectivity index (χ3v) is 2.99. The van der Waals surface area contributed by atoms with Gasteiger partial charge in [-0.25, -0.2) is 0 Å². The van der Waals surface area contributed by atoms with Gasteiger partial charge in [0.25, 0.3) is 11.1 Å². The molecular weight excluding hydrogens is 234 g/mol. The summed E-state index contributed by atoms with van der Waals surface area (Å²) in [6, 6.07) is 7.13. The van der Waals surface area contributed by atoms with Gasteiger partial charge in [0.05, 0.1) is 4.91 Å². The van der Waals surface area contributed by atoms with Gasteiger partial charge in [-0.1, -0.05) is 29.8 Å². The largest absolute Gasteiger partial charge is 0.290 e. The summed E-state index contributed by atoms with van der Waals surface area (Å²) in [6.07, 6.45) is 1.60. The predicted octanol–water partition coefficient (Wildman–Crippen LogP) is 2.66. The molecule has 0 radical (unpaired) electrons. The Morgan fingerprint density at radius 2 is 2.00 bits per heavy atom. The van der Waals surface area contributed by atoms with Crippen LogP contribution in [-0.4, -0.2) is 11.1 Å². The van der Waals surface area contributed by atoms with Gasteiger partial charge < -0.3 is 0 Å². The van der Waals surface area contributed by atoms with Crippen molar-refractivity contribution >= 4 is 40.6 Å². The molecule has 0 aromatic heterocycles. The summed E-state index contributed by atoms with van der Waals surface area (Å²) in [6.45, 7) is 0. The number of amides is 2. The van der Waals surface area contributed by atoms with Gasteiger partial charge in [-0.2, -0.15) is 0 Å². The molecule has 2 rings (SSSR count). The van der Waals surface area contributed by atoms with Gasteiger partial charge in [-0.15, -0.1) is 0 Å². The maximum absolute atomic E-state index is 11.2. The zero-order chi connectivity index (χ0) is 10.8. The summed E-state index contributed by atoms with van der Waals surface area (Å²) in [5.74, 6) is -0.370. The van der Waals surface area contributed by atoms with Crippen molar-refractivity contribution in [3.05, 3.63) is 39.8 Å². The molecule has 0 spiro atoms. The SMILES string of the molecule is O=C1NC(=O)/C(=C\c2ccccc2Cl)S1. The number of imide groups is 1. The zero-order valence-electron chi connectivity index (χ0n) is 7.49. The molecule has 0 bridgehead atoms. The van der Waals surface area contributed by atoms with Crippen molar-refractivity contribution in [3.63, 3.8) is 0 Å². The van der Waals surface area contributed by atoms with Gasteiger partial charge in [-0.05, 0) is 29.5 Å². The quantitative estimate of drug-likeness (QED) is 0.767. The van der Waals surface area contributed by atoms with Crippen LogP contribution in [0.25, 0.3) is 6.08 Å². The normalized spacial score (nSPS) is 18.3. The summed E-state index contributed by atoms with van der Waals surface area (Å²) >= 11 is 6.80. The molecule has 0 atom stereocenters. The van der Waals surface area contributed by atoms with Gasteiger partial charge in [0, 0.05) is 5.02 Å². The molecule has 0 unspecified atom stereocenters. The monoisotopic (exact) mass is 239 g/mol. The van der Waals surface area contributed by atoms with Gasteiger partial charge >= 0.3 is 0 Å². The molecule has 3 nitrogen and oxygen atoms in total. The maximum Gasteiger partial charge on any atom is 0.290 e. The van der Waals surface area contributed by atoms with Crippen LogP contribution in [0.4, 0.5) is 4.79 Å². The van der Waals surface area contributed by atoms with Gasteiger partial charge in [0.2, 0.25) is 0 Å². The topological polar surface area (TPSA) is 46.2 Å². The van der Waals surface area contributed by atoms with Crippen molar-refractivity contribution in [2.45, 2.75) is 0 Å². The van der Waals surface area contributed by atoms with Crippen molar-refractivity contribution in [3.8, 4) is 0 Å². The number of benzene rings is 1. The van der Waals surface area contributed by atoms with E-state index in [9.17, 15) is 9.59 Å². The Morgan fingerprint density at radius 3 is 2.60 bits per heavy atom. The van der Waals surface area contributed by atoms with Crippen LogP contribution < -0.4 is 5.32 Å². The molecule has 15 heavy (non-hydrogen) atoms. The van der Waals surface area contributed by atoms with Gasteiger partial charge in [0.1, 0.15) is 0 Å². The fourth-order valence-corrected chi connectivity index (χ4v) is 2.02. The smallest absolute Gasteiger partial charge is 0.282 e. The van der Waals surface area contributed by atoms with Crippen LogP contribution in [0.15, 0.2) is 29.2 Å². The number of thioether (sulfide) groups is 1. The Morgan fingerprint density at radius 1 is 1.27 bits per heavy atom. The van der Waals surface area contributed by atoms with Crippen molar-refractivity contribution in [1.29, 1.82) is 0 Å². The average Bonchev–Trinajstić information content (AvgIpc) is 2.49. The van der Waals surface area contributed by atoms with Crippen LogP contribution in [0.1, 0.15) is 5.56 Å². The lowest BCUT2D eigenvalue weighted by Gasteiger charge is -1.97. The fraction of sp³-hybridized carbons (Fsp3) is 0. The molecule has 76 valence electrons. The van der Waals surface area contributed by atoms with E-state index in [0.29, 0.717) is 9.93 Å². The molecule has 1 aliphatic heterocycles. The lowest BCUT2D eigenvalue weighted by Crippen LogP contribution is -2.17. The standard InChI is InChI=1S/C10H6ClNO2S/c11-7-4-2-1-3-6(7)5-8-9(13)12-10(14)15-8/h1-5H,(H,12,13,14)/b8-5+. The average molecular weight is 240 g/mol. The van der Waals surface area contributed by atoms with Crippen molar-refractivity contribution in [1.82, 2.24) is 5.32 Å². The zero-order valence-corrected chi connectivity index (χ0v) is 9.06. The second kappa shape index (κ2) is 4.08. The van der Waals surface area contributed by atoms with E-state index in [1.807, 2.05) is 6.07 Å². The lowest BCUT2D eigenvalue weighted by atomic mass is 10.2. The highest BCUT2D eigenvalue weighted by molar-refractivity contribution is 8.18. The number of carbonyl (C=O) groups is 2. The summed E-state index contributed by atoms with van der Waals surface area (Å²) in [5, 5.41) is 2.38. The molecule has 0 saturated carbocycles. The van der Waals surface area contributed by atoms with E-state index in [2.05, 4.69) is 5.32 Å². The summed E-state index contributed by atoms with van der Waals surface area (Å²) in [4.78, 5) is 22.5. The lowest BCUT2D eigenvalue weighted by molar-refractivity contribution is -0.115. The van der Waals surface area contributed by atoms with Crippen LogP contribution in [0.2, 0.25) is 5.02 Å². The molecule has 2 amide bonds. The van der Waals surface area contributed by atoms with Crippen LogP contribution in [0.5, 0.6) is 0 Å². The first-order valence-corrected chi connectivity index (χ1v) is 5.35. The highest BCUT2D eigenvalue weighted by Gasteiger charge is 2.25. The van der Waals surface area contributed by atoms with Crippen molar-refractivity contribution in [2.75, 3.05) is 0 Å². The molecule has 1 aromatic carbocycles. The van der Waals surface area contributed by atoms with E-state index in [4.69, 9.17) is 11.6 Å². The maximum atomic E-state index is 11.2. The highest BCUT2D eigenvalue weighted by atomic mass is 35.5. The molecule has 0 aliphatic carbocycles. The first-order chi connectivity index (χ1) is 7.16. The van der Waals surface area contributed by atoms with Gasteiger partial charge in [0.15, 0.2) is 0 Å². The van der Waals surface area contributed by atoms with E-state index < -0.39 is 0 Å². The number of carbonyl (C=O) groups excluding carboxylic acids is 2. The molecule has 1 aliphatic rings. The van der Waals surface area contributed by atoms with Crippen molar-refractivity contribution in [2.24, 2.45) is 0 Å². The highest BCUT2D eigenvalue weighted by Crippen LogP contribution is 2.27. The molecule has 1 saturated heterocycles.